The van der Waals surface area contributed by atoms with Crippen LogP contribution in [0.15, 0.2) is 54.6 Å². The number of nitrogens with one attached hydrogen (secondary N) is 1. The largest absolute Gasteiger partial charge is 0.355 e. The van der Waals surface area contributed by atoms with Crippen LogP contribution in [-0.4, -0.2) is 41.6 Å². The second kappa shape index (κ2) is 11.8. The van der Waals surface area contributed by atoms with Crippen LogP contribution >= 0.6 is 23.4 Å². The third-order valence-corrected chi connectivity index (χ3v) is 5.65. The van der Waals surface area contributed by atoms with Gasteiger partial charge < -0.3 is 10.2 Å². The van der Waals surface area contributed by atoms with E-state index in [9.17, 15) is 9.59 Å². The van der Waals surface area contributed by atoms with Crippen molar-refractivity contribution < 1.29 is 9.59 Å². The van der Waals surface area contributed by atoms with Crippen LogP contribution < -0.4 is 5.32 Å². The molecule has 0 radical (unpaired) electrons. The number of likely N-dealkylation sites (N-methyl/N-ethyl adjacent to an activating group) is 1. The van der Waals surface area contributed by atoms with E-state index >= 15 is 0 Å². The highest BCUT2D eigenvalue weighted by Crippen LogP contribution is 2.17. The predicted octanol–water partition coefficient (Wildman–Crippen LogP) is 4.17. The molecule has 0 saturated heterocycles. The molecule has 0 heterocycles. The first-order valence-electron chi connectivity index (χ1n) is 9.44. The Morgan fingerprint density at radius 1 is 1.07 bits per heavy atom. The van der Waals surface area contributed by atoms with Gasteiger partial charge in [-0.15, -0.1) is 11.8 Å². The third-order valence-electron chi connectivity index (χ3n) is 4.41. The average molecular weight is 419 g/mol. The quantitative estimate of drug-likeness (QED) is 0.630. The van der Waals surface area contributed by atoms with Crippen LogP contribution in [-0.2, 0) is 21.8 Å². The Bertz CT molecular complexity index is 753. The van der Waals surface area contributed by atoms with Gasteiger partial charge in [0.15, 0.2) is 0 Å². The smallest absolute Gasteiger partial charge is 0.242 e. The average Bonchev–Trinajstić information content (AvgIpc) is 2.70. The minimum atomic E-state index is -0.493. The van der Waals surface area contributed by atoms with Crippen molar-refractivity contribution in [3.8, 4) is 0 Å². The van der Waals surface area contributed by atoms with Crippen molar-refractivity contribution in [2.45, 2.75) is 32.1 Å². The molecule has 2 rings (SSSR count). The zero-order chi connectivity index (χ0) is 20.4. The summed E-state index contributed by atoms with van der Waals surface area (Å²) in [6.07, 6.45) is 0.720. The van der Waals surface area contributed by atoms with Crippen molar-refractivity contribution in [3.05, 3.63) is 70.7 Å². The lowest BCUT2D eigenvalue weighted by atomic mass is 10.1. The molecule has 0 spiro atoms. The summed E-state index contributed by atoms with van der Waals surface area (Å²) in [7, 11) is 0. The van der Waals surface area contributed by atoms with E-state index in [1.54, 1.807) is 23.6 Å². The lowest BCUT2D eigenvalue weighted by Crippen LogP contribution is -2.49. The Morgan fingerprint density at radius 3 is 2.39 bits per heavy atom. The van der Waals surface area contributed by atoms with Gasteiger partial charge in [0.25, 0.3) is 0 Å². The van der Waals surface area contributed by atoms with Gasteiger partial charge in [-0.1, -0.05) is 54.1 Å². The van der Waals surface area contributed by atoms with Gasteiger partial charge in [0.05, 0.1) is 5.75 Å². The third kappa shape index (κ3) is 7.21. The van der Waals surface area contributed by atoms with E-state index in [0.29, 0.717) is 23.9 Å². The topological polar surface area (TPSA) is 49.4 Å². The molecule has 0 aliphatic heterocycles. The molecule has 150 valence electrons. The Kier molecular flexibility index (Phi) is 9.38. The summed E-state index contributed by atoms with van der Waals surface area (Å²) in [4.78, 5) is 26.9. The fourth-order valence-corrected chi connectivity index (χ4v) is 3.81. The van der Waals surface area contributed by atoms with Crippen molar-refractivity contribution in [3.63, 3.8) is 0 Å². The van der Waals surface area contributed by atoms with E-state index in [1.807, 2.05) is 61.5 Å². The normalized spacial score (nSPS) is 11.7. The number of amides is 2. The van der Waals surface area contributed by atoms with Crippen LogP contribution in [0.4, 0.5) is 0 Å². The number of nitrogens with zero attached hydrogens (tertiary/aromatic N) is 1. The maximum Gasteiger partial charge on any atom is 0.242 e. The molecule has 0 aliphatic rings. The Hall–Kier alpha value is -1.98. The van der Waals surface area contributed by atoms with E-state index in [0.717, 1.165) is 23.3 Å². The summed E-state index contributed by atoms with van der Waals surface area (Å²) in [5, 5.41) is 3.52. The van der Waals surface area contributed by atoms with Gasteiger partial charge in [0.2, 0.25) is 11.8 Å². The van der Waals surface area contributed by atoms with Gasteiger partial charge in [0.1, 0.15) is 6.04 Å². The summed E-state index contributed by atoms with van der Waals surface area (Å²) < 4.78 is 0. The van der Waals surface area contributed by atoms with Crippen molar-refractivity contribution in [2.24, 2.45) is 0 Å². The fraction of sp³-hybridized carbons (Fsp3) is 0.364. The number of hydrogen-bond acceptors (Lipinski definition) is 3. The molecule has 1 N–H and O–H groups in total. The molecule has 0 saturated carbocycles. The zero-order valence-electron chi connectivity index (χ0n) is 16.4. The SMILES string of the molecule is CCNC(=O)C(C)N(CCc1ccccc1)C(=O)CSCc1ccc(Cl)cc1. The molecular formula is C22H27ClN2O2S. The minimum Gasteiger partial charge on any atom is -0.355 e. The first-order valence-corrected chi connectivity index (χ1v) is 11.0. The fourth-order valence-electron chi connectivity index (χ4n) is 2.81. The van der Waals surface area contributed by atoms with E-state index in [-0.39, 0.29) is 11.8 Å². The molecule has 2 aromatic rings. The summed E-state index contributed by atoms with van der Waals surface area (Å²) >= 11 is 7.45. The molecule has 0 aliphatic carbocycles. The lowest BCUT2D eigenvalue weighted by molar-refractivity contribution is -0.137. The van der Waals surface area contributed by atoms with Gasteiger partial charge in [-0.05, 0) is 43.5 Å². The number of carbonyl (C=O) groups is 2. The van der Waals surface area contributed by atoms with Crippen molar-refractivity contribution in [1.29, 1.82) is 0 Å². The number of rotatable bonds is 10. The van der Waals surface area contributed by atoms with Crippen LogP contribution in [0.25, 0.3) is 0 Å². The summed E-state index contributed by atoms with van der Waals surface area (Å²) in [5.41, 5.74) is 2.27. The van der Waals surface area contributed by atoms with Gasteiger partial charge in [-0.3, -0.25) is 9.59 Å². The minimum absolute atomic E-state index is 0.0198. The van der Waals surface area contributed by atoms with E-state index in [2.05, 4.69) is 5.32 Å². The molecule has 4 nitrogen and oxygen atoms in total. The number of benzene rings is 2. The van der Waals surface area contributed by atoms with Crippen molar-refractivity contribution >= 4 is 35.2 Å². The second-order valence-corrected chi connectivity index (χ2v) is 7.93. The van der Waals surface area contributed by atoms with Crippen LogP contribution in [0.3, 0.4) is 0 Å². The van der Waals surface area contributed by atoms with Crippen molar-refractivity contribution in [2.75, 3.05) is 18.8 Å². The van der Waals surface area contributed by atoms with Crippen LogP contribution in [0.1, 0.15) is 25.0 Å². The van der Waals surface area contributed by atoms with Crippen LogP contribution in [0.2, 0.25) is 5.02 Å². The highest BCUT2D eigenvalue weighted by atomic mass is 35.5. The van der Waals surface area contributed by atoms with Gasteiger partial charge >= 0.3 is 0 Å². The number of carbonyl (C=O) groups excluding carboxylic acids is 2. The molecule has 28 heavy (non-hydrogen) atoms. The summed E-state index contributed by atoms with van der Waals surface area (Å²) in [5.74, 6) is 0.923. The van der Waals surface area contributed by atoms with Gasteiger partial charge in [-0.25, -0.2) is 0 Å². The lowest BCUT2D eigenvalue weighted by Gasteiger charge is -2.28. The Morgan fingerprint density at radius 2 is 1.75 bits per heavy atom. The Labute approximate surface area is 176 Å². The van der Waals surface area contributed by atoms with E-state index in [4.69, 9.17) is 11.6 Å². The Balaban J connectivity index is 1.96. The highest BCUT2D eigenvalue weighted by molar-refractivity contribution is 7.99. The van der Waals surface area contributed by atoms with Gasteiger partial charge in [-0.2, -0.15) is 0 Å². The molecule has 0 bridgehead atoms. The molecule has 1 atom stereocenters. The first kappa shape index (κ1) is 22.3. The van der Waals surface area contributed by atoms with Crippen molar-refractivity contribution in [1.82, 2.24) is 10.2 Å². The monoisotopic (exact) mass is 418 g/mol. The van der Waals surface area contributed by atoms with E-state index < -0.39 is 6.04 Å². The molecule has 1 unspecified atom stereocenters. The second-order valence-electron chi connectivity index (χ2n) is 6.51. The molecule has 0 fully saturated rings. The number of halogens is 1. The summed E-state index contributed by atoms with van der Waals surface area (Å²) in [6, 6.07) is 17.1. The van der Waals surface area contributed by atoms with Crippen LogP contribution in [0, 0.1) is 0 Å². The molecule has 2 amide bonds. The summed E-state index contributed by atoms with van der Waals surface area (Å²) in [6.45, 7) is 4.73. The molecular weight excluding hydrogens is 392 g/mol. The van der Waals surface area contributed by atoms with Gasteiger partial charge in [0, 0.05) is 23.9 Å². The number of thioether (sulfide) groups is 1. The maximum atomic E-state index is 12.9. The first-order chi connectivity index (χ1) is 13.5. The standard InChI is InChI=1S/C22H27ClN2O2S/c1-3-24-22(27)17(2)25(14-13-18-7-5-4-6-8-18)21(26)16-28-15-19-9-11-20(23)12-10-19/h4-12,17H,3,13-16H2,1-2H3,(H,24,27). The molecule has 0 aromatic heterocycles. The van der Waals surface area contributed by atoms with Crippen LogP contribution in [0.5, 0.6) is 0 Å². The van der Waals surface area contributed by atoms with E-state index in [1.165, 1.54) is 0 Å². The predicted molar refractivity (Wildman–Crippen MR) is 118 cm³/mol. The highest BCUT2D eigenvalue weighted by Gasteiger charge is 2.25. The zero-order valence-corrected chi connectivity index (χ0v) is 17.9. The maximum absolute atomic E-state index is 12.9. The number of hydrogen-bond donors (Lipinski definition) is 1. The molecule has 6 heteroatoms. The molecule has 2 aromatic carbocycles.